The van der Waals surface area contributed by atoms with Crippen molar-refractivity contribution in [2.75, 3.05) is 51.3 Å². The van der Waals surface area contributed by atoms with E-state index in [0.717, 1.165) is 75.1 Å². The molecule has 1 atom stereocenters. The van der Waals surface area contributed by atoms with Crippen LogP contribution in [-0.4, -0.2) is 96.0 Å². The van der Waals surface area contributed by atoms with E-state index in [1.807, 2.05) is 6.07 Å². The molecule has 9 heteroatoms. The van der Waals surface area contributed by atoms with Crippen molar-refractivity contribution in [3.63, 3.8) is 0 Å². The molecule has 4 aliphatic rings. The topological polar surface area (TPSA) is 102 Å². The summed E-state index contributed by atoms with van der Waals surface area (Å²) in [6.45, 7) is 5.91. The molecule has 0 spiro atoms. The van der Waals surface area contributed by atoms with Crippen LogP contribution in [0, 0.1) is 0 Å². The maximum Gasteiger partial charge on any atom is 0.290 e. The molecule has 9 nitrogen and oxygen atoms in total. The Morgan fingerprint density at radius 2 is 2.03 bits per heavy atom. The summed E-state index contributed by atoms with van der Waals surface area (Å²) < 4.78 is 11.0. The average molecular weight is 417 g/mol. The summed E-state index contributed by atoms with van der Waals surface area (Å²) >= 11 is 0. The van der Waals surface area contributed by atoms with Gasteiger partial charge < -0.3 is 24.5 Å². The van der Waals surface area contributed by atoms with Crippen LogP contribution in [0.25, 0.3) is 10.9 Å². The number of nitrogens with one attached hydrogen (secondary N) is 1. The lowest BCUT2D eigenvalue weighted by Crippen LogP contribution is -2.41. The van der Waals surface area contributed by atoms with E-state index in [9.17, 15) is 4.79 Å². The number of aromatic nitrogens is 2. The zero-order chi connectivity index (χ0) is 22.0. The number of ether oxygens (including phenoxy) is 1. The van der Waals surface area contributed by atoms with Crippen LogP contribution in [0.1, 0.15) is 31.1 Å². The first-order valence-electron chi connectivity index (χ1n) is 10.9. The number of fused-ring (bicyclic) bond motifs is 5. The summed E-state index contributed by atoms with van der Waals surface area (Å²) in [5.41, 5.74) is 2.65. The van der Waals surface area contributed by atoms with Gasteiger partial charge in [-0.1, -0.05) is 0 Å². The summed E-state index contributed by atoms with van der Waals surface area (Å²) in [4.78, 5) is 28.8. The Morgan fingerprint density at radius 1 is 1.27 bits per heavy atom. The number of amides is 1. The Labute approximate surface area is 177 Å². The minimum Gasteiger partial charge on any atom is -0.483 e. The Kier molecular flexibility index (Phi) is 5.80. The monoisotopic (exact) mass is 416 g/mol. The van der Waals surface area contributed by atoms with Gasteiger partial charge >= 0.3 is 0 Å². The lowest BCUT2D eigenvalue weighted by atomic mass is 10.0. The lowest BCUT2D eigenvalue weighted by Gasteiger charge is -2.31. The predicted octanol–water partition coefficient (Wildman–Crippen LogP) is 1.41. The zero-order valence-electron chi connectivity index (χ0n) is 18.2. The molecule has 162 valence electrons. The standard InChI is InChI=1S/C20H27N5O2.CH2O2/c1-27-16-6-9-24(13-16)15-2-3-17-18(12-15)21-22-19(17)20(26)25-11-10-23-7-4-14(25)5-8-23;2-1-3/h2-3,12,14,16H,4-11,13H2,1H3,(H,21,22);1H,(H,2,3)/t16-;/m1./s1/i;1D. The molecule has 4 fully saturated rings. The largest absolute Gasteiger partial charge is 0.483 e. The van der Waals surface area contributed by atoms with Crippen LogP contribution in [0.5, 0.6) is 0 Å². The maximum atomic E-state index is 13.2. The molecule has 4 saturated heterocycles. The van der Waals surface area contributed by atoms with Gasteiger partial charge in [-0.05, 0) is 37.5 Å². The van der Waals surface area contributed by atoms with E-state index >= 15 is 0 Å². The Hall–Kier alpha value is -2.65. The number of carbonyl (C=O) groups is 2. The van der Waals surface area contributed by atoms with Crippen molar-refractivity contribution >= 4 is 28.9 Å². The number of H-pyrrole nitrogens is 1. The van der Waals surface area contributed by atoms with Crippen LogP contribution in [0.3, 0.4) is 0 Å². The van der Waals surface area contributed by atoms with Gasteiger partial charge in [-0.15, -0.1) is 0 Å². The number of nitrogens with zero attached hydrogens (tertiary/aromatic N) is 4. The first-order chi connectivity index (χ1) is 15.0. The fourth-order valence-corrected chi connectivity index (χ4v) is 4.81. The minimum absolute atomic E-state index is 0.0726. The van der Waals surface area contributed by atoms with E-state index in [1.165, 1.54) is 0 Å². The fourth-order valence-electron chi connectivity index (χ4n) is 4.81. The quantitative estimate of drug-likeness (QED) is 0.730. The molecule has 0 aliphatic carbocycles. The lowest BCUT2D eigenvalue weighted by molar-refractivity contribution is -0.122. The van der Waals surface area contributed by atoms with Crippen molar-refractivity contribution in [3.05, 3.63) is 23.9 Å². The SMILES string of the molecule is CO[C@@H]1CCN(c2ccc3c(C(=O)N4CCN5CCC4CC5)n[nH]c3c2)C1.[2H]C(=O)O. The van der Waals surface area contributed by atoms with Crippen LogP contribution < -0.4 is 4.90 Å². The Balaban J connectivity index is 0.000000535. The van der Waals surface area contributed by atoms with Gasteiger partial charge in [0, 0.05) is 63.5 Å². The molecule has 2 bridgehead atoms. The van der Waals surface area contributed by atoms with Crippen molar-refractivity contribution < 1.29 is 20.8 Å². The highest BCUT2D eigenvalue weighted by atomic mass is 16.5. The molecule has 5 heterocycles. The third-order valence-corrected chi connectivity index (χ3v) is 6.51. The molecule has 1 amide bonds. The van der Waals surface area contributed by atoms with Crippen molar-refractivity contribution in [1.29, 1.82) is 0 Å². The molecular formula is C21H29N5O4. The first kappa shape index (κ1) is 19.3. The number of carboxylic acid groups (broad SMARTS) is 1. The minimum atomic E-state index is -1.58. The van der Waals surface area contributed by atoms with Gasteiger partial charge in [-0.25, -0.2) is 0 Å². The normalized spacial score (nSPS) is 26.2. The number of rotatable bonds is 3. The highest BCUT2D eigenvalue weighted by molar-refractivity contribution is 6.05. The zero-order valence-corrected chi connectivity index (χ0v) is 17.2. The van der Waals surface area contributed by atoms with Crippen molar-refractivity contribution in [1.82, 2.24) is 20.0 Å². The third kappa shape index (κ3) is 3.99. The van der Waals surface area contributed by atoms with Crippen LogP contribution in [0.4, 0.5) is 5.69 Å². The maximum absolute atomic E-state index is 13.2. The van der Waals surface area contributed by atoms with E-state index in [2.05, 4.69) is 37.0 Å². The summed E-state index contributed by atoms with van der Waals surface area (Å²) in [5.74, 6) is 0.0726. The van der Waals surface area contributed by atoms with Crippen molar-refractivity contribution in [2.45, 2.75) is 31.4 Å². The molecule has 1 aromatic carbocycles. The van der Waals surface area contributed by atoms with E-state index in [0.29, 0.717) is 17.8 Å². The van der Waals surface area contributed by atoms with E-state index < -0.39 is 6.45 Å². The van der Waals surface area contributed by atoms with Crippen LogP contribution in [0.2, 0.25) is 0 Å². The molecule has 0 radical (unpaired) electrons. The number of anilines is 1. The number of carbonyl (C=O) groups excluding carboxylic acids is 1. The van der Waals surface area contributed by atoms with Gasteiger partial charge in [-0.3, -0.25) is 14.7 Å². The van der Waals surface area contributed by atoms with E-state index in [-0.39, 0.29) is 5.91 Å². The summed E-state index contributed by atoms with van der Waals surface area (Å²) in [6, 6.07) is 6.61. The third-order valence-electron chi connectivity index (χ3n) is 6.51. The summed E-state index contributed by atoms with van der Waals surface area (Å²) in [6.07, 6.45) is 1.92. The van der Waals surface area contributed by atoms with Gasteiger partial charge in [0.25, 0.3) is 12.4 Å². The summed E-state index contributed by atoms with van der Waals surface area (Å²) in [5, 5.41) is 15.5. The van der Waals surface area contributed by atoms with Gasteiger partial charge in [0.05, 0.1) is 11.6 Å². The number of hydrogen-bond donors (Lipinski definition) is 2. The molecule has 0 saturated carbocycles. The van der Waals surface area contributed by atoms with Gasteiger partial charge in [0.2, 0.25) is 0 Å². The fraction of sp³-hybridized carbons (Fsp3) is 0.571. The Bertz CT molecular complexity index is 939. The highest BCUT2D eigenvalue weighted by Gasteiger charge is 2.34. The molecule has 6 rings (SSSR count). The predicted molar refractivity (Wildman–Crippen MR) is 113 cm³/mol. The molecule has 1 aromatic heterocycles. The first-order valence-corrected chi connectivity index (χ1v) is 10.4. The second-order valence-electron chi connectivity index (χ2n) is 8.06. The van der Waals surface area contributed by atoms with Crippen LogP contribution in [-0.2, 0) is 9.53 Å². The molecule has 30 heavy (non-hydrogen) atoms. The van der Waals surface area contributed by atoms with E-state index in [1.54, 1.807) is 7.11 Å². The molecule has 4 aliphatic heterocycles. The number of methoxy groups -OCH3 is 1. The number of benzene rings is 1. The summed E-state index contributed by atoms with van der Waals surface area (Å²) in [7, 11) is 1.77. The highest BCUT2D eigenvalue weighted by Crippen LogP contribution is 2.28. The van der Waals surface area contributed by atoms with Crippen molar-refractivity contribution in [3.8, 4) is 0 Å². The van der Waals surface area contributed by atoms with Crippen LogP contribution >= 0.6 is 0 Å². The molecule has 2 N–H and O–H groups in total. The average Bonchev–Trinajstić information content (AvgIpc) is 3.30. The smallest absolute Gasteiger partial charge is 0.290 e. The van der Waals surface area contributed by atoms with Gasteiger partial charge in [0.1, 0.15) is 0 Å². The number of aromatic amines is 1. The Morgan fingerprint density at radius 3 is 2.73 bits per heavy atom. The number of piperidine rings is 1. The molecule has 2 aromatic rings. The molecular weight excluding hydrogens is 386 g/mol. The van der Waals surface area contributed by atoms with Gasteiger partial charge in [-0.2, -0.15) is 5.10 Å². The van der Waals surface area contributed by atoms with Crippen molar-refractivity contribution in [2.24, 2.45) is 0 Å². The van der Waals surface area contributed by atoms with Crippen LogP contribution in [0.15, 0.2) is 18.2 Å². The second-order valence-corrected chi connectivity index (χ2v) is 8.06. The molecule has 0 unspecified atom stereocenters. The second kappa shape index (κ2) is 9.01. The van der Waals surface area contributed by atoms with Gasteiger partial charge in [0.15, 0.2) is 7.06 Å². The van der Waals surface area contributed by atoms with E-state index in [4.69, 9.17) is 16.0 Å². The number of hydrogen-bond acceptors (Lipinski definition) is 6.